The molecule has 0 saturated carbocycles. The van der Waals surface area contributed by atoms with Gasteiger partial charge in [-0.05, 0) is 30.7 Å². The van der Waals surface area contributed by atoms with Crippen molar-refractivity contribution in [3.63, 3.8) is 0 Å². The van der Waals surface area contributed by atoms with E-state index in [2.05, 4.69) is 46.2 Å². The van der Waals surface area contributed by atoms with Crippen LogP contribution in [0.5, 0.6) is 0 Å². The van der Waals surface area contributed by atoms with Crippen molar-refractivity contribution in [1.29, 1.82) is 0 Å². The summed E-state index contributed by atoms with van der Waals surface area (Å²) in [5.74, 6) is 0.977. The van der Waals surface area contributed by atoms with E-state index in [0.717, 1.165) is 34.9 Å². The van der Waals surface area contributed by atoms with Gasteiger partial charge in [-0.1, -0.05) is 6.07 Å². The number of methoxy groups -OCH3 is 1. The number of aromatic nitrogens is 4. The molecule has 0 aliphatic rings. The SMILES string of the molecule is COCCNc1c(-c2ccc3nccn3c2)nc2ccc(C)cn12. The number of fused-ring (bicyclic) bond motifs is 2. The van der Waals surface area contributed by atoms with E-state index in [0.29, 0.717) is 6.61 Å². The molecule has 4 heterocycles. The summed E-state index contributed by atoms with van der Waals surface area (Å²) in [6.07, 6.45) is 7.88. The lowest BCUT2D eigenvalue weighted by Gasteiger charge is -2.09. The van der Waals surface area contributed by atoms with Crippen molar-refractivity contribution in [3.8, 4) is 11.3 Å². The molecule has 0 unspecified atom stereocenters. The Morgan fingerprint density at radius 2 is 2.00 bits per heavy atom. The fourth-order valence-electron chi connectivity index (χ4n) is 2.85. The van der Waals surface area contributed by atoms with Crippen molar-refractivity contribution in [1.82, 2.24) is 18.8 Å². The standard InChI is InChI=1S/C18H19N5O/c1-13-3-5-16-21-17(18(23(16)11-13)20-8-10-24-2)14-4-6-15-19-7-9-22(15)12-14/h3-7,9,11-12,20H,8,10H2,1-2H3. The van der Waals surface area contributed by atoms with Gasteiger partial charge in [0, 0.05) is 44.0 Å². The molecule has 0 aliphatic heterocycles. The van der Waals surface area contributed by atoms with Crippen LogP contribution in [0.15, 0.2) is 49.1 Å². The zero-order chi connectivity index (χ0) is 16.5. The Kier molecular flexibility index (Phi) is 3.66. The summed E-state index contributed by atoms with van der Waals surface area (Å²) in [6, 6.07) is 8.17. The fourth-order valence-corrected chi connectivity index (χ4v) is 2.85. The van der Waals surface area contributed by atoms with Gasteiger partial charge in [-0.3, -0.25) is 4.40 Å². The average Bonchev–Trinajstić information content (AvgIpc) is 3.19. The molecule has 0 spiro atoms. The van der Waals surface area contributed by atoms with E-state index in [1.165, 1.54) is 5.56 Å². The lowest BCUT2D eigenvalue weighted by atomic mass is 10.2. The molecule has 4 rings (SSSR count). The van der Waals surface area contributed by atoms with Crippen molar-refractivity contribution < 1.29 is 4.74 Å². The molecular formula is C18H19N5O. The number of pyridine rings is 2. The third kappa shape index (κ3) is 2.51. The molecule has 6 heteroatoms. The third-order valence-electron chi connectivity index (χ3n) is 4.03. The summed E-state index contributed by atoms with van der Waals surface area (Å²) in [5, 5.41) is 3.46. The fraction of sp³-hybridized carbons (Fsp3) is 0.222. The summed E-state index contributed by atoms with van der Waals surface area (Å²) >= 11 is 0. The van der Waals surface area contributed by atoms with Gasteiger partial charge in [0.05, 0.1) is 6.61 Å². The average molecular weight is 321 g/mol. The Hall–Kier alpha value is -2.86. The number of ether oxygens (including phenoxy) is 1. The van der Waals surface area contributed by atoms with Crippen LogP contribution >= 0.6 is 0 Å². The van der Waals surface area contributed by atoms with Gasteiger partial charge in [-0.2, -0.15) is 0 Å². The summed E-state index contributed by atoms with van der Waals surface area (Å²) in [7, 11) is 1.70. The van der Waals surface area contributed by atoms with Crippen molar-refractivity contribution in [2.75, 3.05) is 25.6 Å². The monoisotopic (exact) mass is 321 g/mol. The number of imidazole rings is 2. The van der Waals surface area contributed by atoms with Crippen molar-refractivity contribution in [2.45, 2.75) is 6.92 Å². The van der Waals surface area contributed by atoms with Gasteiger partial charge >= 0.3 is 0 Å². The molecule has 0 fully saturated rings. The van der Waals surface area contributed by atoms with Gasteiger partial charge in [-0.15, -0.1) is 0 Å². The molecule has 122 valence electrons. The topological polar surface area (TPSA) is 55.9 Å². The maximum atomic E-state index is 5.16. The predicted molar refractivity (Wildman–Crippen MR) is 94.5 cm³/mol. The Bertz CT molecular complexity index is 1000. The first-order chi connectivity index (χ1) is 11.8. The van der Waals surface area contributed by atoms with E-state index in [9.17, 15) is 0 Å². The normalized spacial score (nSPS) is 11.4. The van der Waals surface area contributed by atoms with Gasteiger partial charge in [-0.25, -0.2) is 9.97 Å². The molecule has 0 bridgehead atoms. The summed E-state index contributed by atoms with van der Waals surface area (Å²) in [6.45, 7) is 3.44. The van der Waals surface area contributed by atoms with Crippen molar-refractivity contribution in [3.05, 3.63) is 54.6 Å². The molecule has 0 radical (unpaired) electrons. The first-order valence-electron chi connectivity index (χ1n) is 7.91. The van der Waals surface area contributed by atoms with Crippen LogP contribution in [0.3, 0.4) is 0 Å². The lowest BCUT2D eigenvalue weighted by molar-refractivity contribution is 0.210. The van der Waals surface area contributed by atoms with E-state index in [-0.39, 0.29) is 0 Å². The van der Waals surface area contributed by atoms with E-state index in [4.69, 9.17) is 9.72 Å². The number of anilines is 1. The molecule has 0 aromatic carbocycles. The second kappa shape index (κ2) is 5.98. The van der Waals surface area contributed by atoms with Crippen molar-refractivity contribution >= 4 is 17.1 Å². The molecule has 0 aliphatic carbocycles. The molecule has 4 aromatic heterocycles. The molecule has 0 saturated heterocycles. The highest BCUT2D eigenvalue weighted by molar-refractivity contribution is 5.77. The lowest BCUT2D eigenvalue weighted by Crippen LogP contribution is -2.10. The minimum atomic E-state index is 0.638. The quantitative estimate of drug-likeness (QED) is 0.574. The van der Waals surface area contributed by atoms with Crippen LogP contribution in [0.4, 0.5) is 5.82 Å². The Morgan fingerprint density at radius 3 is 2.88 bits per heavy atom. The molecule has 0 atom stereocenters. The van der Waals surface area contributed by atoms with E-state index >= 15 is 0 Å². The zero-order valence-corrected chi connectivity index (χ0v) is 13.7. The third-order valence-corrected chi connectivity index (χ3v) is 4.03. The van der Waals surface area contributed by atoms with E-state index < -0.39 is 0 Å². The van der Waals surface area contributed by atoms with Gasteiger partial charge in [0.25, 0.3) is 0 Å². The largest absolute Gasteiger partial charge is 0.383 e. The number of rotatable bonds is 5. The molecular weight excluding hydrogens is 302 g/mol. The predicted octanol–water partition coefficient (Wildman–Crippen LogP) is 3.02. The van der Waals surface area contributed by atoms with Gasteiger partial charge in [0.2, 0.25) is 0 Å². The zero-order valence-electron chi connectivity index (χ0n) is 13.7. The molecule has 4 aromatic rings. The highest BCUT2D eigenvalue weighted by Crippen LogP contribution is 2.29. The van der Waals surface area contributed by atoms with Crippen LogP contribution in [-0.4, -0.2) is 39.0 Å². The van der Waals surface area contributed by atoms with Crippen molar-refractivity contribution in [2.24, 2.45) is 0 Å². The minimum absolute atomic E-state index is 0.638. The van der Waals surface area contributed by atoms with Gasteiger partial charge < -0.3 is 14.5 Å². The summed E-state index contributed by atoms with van der Waals surface area (Å²) in [5.41, 5.74) is 4.99. The first kappa shape index (κ1) is 14.7. The number of nitrogens with one attached hydrogen (secondary N) is 1. The highest BCUT2D eigenvalue weighted by Gasteiger charge is 2.14. The molecule has 24 heavy (non-hydrogen) atoms. The molecule has 1 N–H and O–H groups in total. The van der Waals surface area contributed by atoms with Gasteiger partial charge in [0.15, 0.2) is 0 Å². The van der Waals surface area contributed by atoms with Crippen LogP contribution in [0.25, 0.3) is 22.6 Å². The van der Waals surface area contributed by atoms with Crippen LogP contribution in [-0.2, 0) is 4.74 Å². The maximum Gasteiger partial charge on any atom is 0.139 e. The highest BCUT2D eigenvalue weighted by atomic mass is 16.5. The number of hydrogen-bond donors (Lipinski definition) is 1. The van der Waals surface area contributed by atoms with Crippen LogP contribution < -0.4 is 5.32 Å². The van der Waals surface area contributed by atoms with Gasteiger partial charge in [0.1, 0.15) is 22.8 Å². The summed E-state index contributed by atoms with van der Waals surface area (Å²) in [4.78, 5) is 9.12. The molecule has 0 amide bonds. The second-order valence-corrected chi connectivity index (χ2v) is 5.77. The van der Waals surface area contributed by atoms with Crippen LogP contribution in [0.1, 0.15) is 5.56 Å². The summed E-state index contributed by atoms with van der Waals surface area (Å²) < 4.78 is 9.26. The van der Waals surface area contributed by atoms with Crippen LogP contribution in [0, 0.1) is 6.92 Å². The smallest absolute Gasteiger partial charge is 0.139 e. The Labute approximate surface area is 139 Å². The first-order valence-corrected chi connectivity index (χ1v) is 7.91. The van der Waals surface area contributed by atoms with E-state index in [1.807, 2.05) is 22.7 Å². The Morgan fingerprint density at radius 1 is 1.12 bits per heavy atom. The van der Waals surface area contributed by atoms with Crippen LogP contribution in [0.2, 0.25) is 0 Å². The molecule has 6 nitrogen and oxygen atoms in total. The Balaban J connectivity index is 1.87. The number of nitrogens with zero attached hydrogens (tertiary/aromatic N) is 4. The maximum absolute atomic E-state index is 5.16. The minimum Gasteiger partial charge on any atom is -0.383 e. The van der Waals surface area contributed by atoms with E-state index in [1.54, 1.807) is 13.3 Å². The number of aryl methyl sites for hydroxylation is 1. The second-order valence-electron chi connectivity index (χ2n) is 5.77. The number of hydrogen-bond acceptors (Lipinski definition) is 4.